The van der Waals surface area contributed by atoms with Gasteiger partial charge in [-0.3, -0.25) is 4.79 Å². The summed E-state index contributed by atoms with van der Waals surface area (Å²) in [5.74, 6) is 5.10. The van der Waals surface area contributed by atoms with Crippen molar-refractivity contribution in [3.63, 3.8) is 0 Å². The minimum atomic E-state index is -3.75. The fraction of sp³-hybridized carbons (Fsp3) is 0.357. The molecule has 6 nitrogen and oxygen atoms in total. The highest BCUT2D eigenvalue weighted by Gasteiger charge is 2.24. The predicted molar refractivity (Wildman–Crippen MR) is 81.0 cm³/mol. The van der Waals surface area contributed by atoms with Gasteiger partial charge in [0.1, 0.15) is 0 Å². The molecule has 7 heteroatoms. The van der Waals surface area contributed by atoms with Gasteiger partial charge < -0.3 is 11.1 Å². The number of nitrogens with zero attached hydrogens (tertiary/aromatic N) is 1. The van der Waals surface area contributed by atoms with E-state index in [9.17, 15) is 13.2 Å². The maximum absolute atomic E-state index is 12.5. The Morgan fingerprint density at radius 3 is 2.67 bits per heavy atom. The molecule has 0 heterocycles. The van der Waals surface area contributed by atoms with Crippen molar-refractivity contribution in [2.24, 2.45) is 5.73 Å². The van der Waals surface area contributed by atoms with Crippen LogP contribution < -0.4 is 11.1 Å². The second-order valence-electron chi connectivity index (χ2n) is 4.42. The number of sulfonamides is 1. The first kappa shape index (κ1) is 17.2. The van der Waals surface area contributed by atoms with Crippen LogP contribution in [-0.4, -0.2) is 45.8 Å². The normalized spacial score (nSPS) is 10.9. The molecule has 0 radical (unpaired) electrons. The number of likely N-dealkylation sites (N-methyl/N-ethyl adjacent to an activating group) is 2. The van der Waals surface area contributed by atoms with Crippen LogP contribution in [0.4, 0.5) is 0 Å². The van der Waals surface area contributed by atoms with Gasteiger partial charge in [0, 0.05) is 19.7 Å². The monoisotopic (exact) mass is 309 g/mol. The number of rotatable bonds is 4. The standard InChI is InChI=1S/C14H19N3O3S/c1-11-6-7-12(5-4-8-15)9-13(11)21(19,20)17(3)10-14(18)16-2/h6-7,9H,8,10,15H2,1-3H3,(H,16,18). The van der Waals surface area contributed by atoms with Gasteiger partial charge in [-0.15, -0.1) is 0 Å². The van der Waals surface area contributed by atoms with Gasteiger partial charge in [0.15, 0.2) is 0 Å². The van der Waals surface area contributed by atoms with Gasteiger partial charge >= 0.3 is 0 Å². The van der Waals surface area contributed by atoms with Crippen molar-refractivity contribution < 1.29 is 13.2 Å². The number of hydrogen-bond donors (Lipinski definition) is 2. The molecule has 3 N–H and O–H groups in total. The average molecular weight is 309 g/mol. The van der Waals surface area contributed by atoms with Crippen molar-refractivity contribution in [2.75, 3.05) is 27.2 Å². The van der Waals surface area contributed by atoms with Crippen LogP contribution >= 0.6 is 0 Å². The molecule has 0 aliphatic heterocycles. The van der Waals surface area contributed by atoms with E-state index in [1.165, 1.54) is 20.2 Å². The maximum atomic E-state index is 12.5. The van der Waals surface area contributed by atoms with E-state index in [0.717, 1.165) is 4.31 Å². The number of nitrogens with one attached hydrogen (secondary N) is 1. The van der Waals surface area contributed by atoms with Crippen molar-refractivity contribution in [1.82, 2.24) is 9.62 Å². The van der Waals surface area contributed by atoms with E-state index >= 15 is 0 Å². The maximum Gasteiger partial charge on any atom is 0.243 e. The lowest BCUT2D eigenvalue weighted by Gasteiger charge is -2.17. The Balaban J connectivity index is 3.21. The summed E-state index contributed by atoms with van der Waals surface area (Å²) in [7, 11) is -0.930. The highest BCUT2D eigenvalue weighted by Crippen LogP contribution is 2.20. The zero-order valence-electron chi connectivity index (χ0n) is 12.3. The number of carbonyl (C=O) groups is 1. The molecule has 21 heavy (non-hydrogen) atoms. The molecule has 1 aromatic carbocycles. The summed E-state index contributed by atoms with van der Waals surface area (Å²) in [5, 5.41) is 2.39. The number of hydrogen-bond acceptors (Lipinski definition) is 4. The first-order chi connectivity index (χ1) is 9.82. The number of aryl methyl sites for hydroxylation is 1. The molecule has 1 rings (SSSR count). The third-order valence-electron chi connectivity index (χ3n) is 2.86. The molecule has 0 saturated heterocycles. The Morgan fingerprint density at radius 2 is 2.10 bits per heavy atom. The summed E-state index contributed by atoms with van der Waals surface area (Å²) in [6, 6.07) is 4.91. The third-order valence-corrected chi connectivity index (χ3v) is 4.80. The first-order valence-corrected chi connectivity index (χ1v) is 7.73. The van der Waals surface area contributed by atoms with Gasteiger partial charge in [0.2, 0.25) is 15.9 Å². The molecular weight excluding hydrogens is 290 g/mol. The van der Waals surface area contributed by atoms with Crippen LogP contribution in [0.1, 0.15) is 11.1 Å². The lowest BCUT2D eigenvalue weighted by atomic mass is 10.1. The van der Waals surface area contributed by atoms with Gasteiger partial charge in [-0.1, -0.05) is 17.9 Å². The second-order valence-corrected chi connectivity index (χ2v) is 6.43. The molecule has 1 aromatic rings. The zero-order chi connectivity index (χ0) is 16.0. The van der Waals surface area contributed by atoms with Crippen LogP contribution in [0, 0.1) is 18.8 Å². The Morgan fingerprint density at radius 1 is 1.43 bits per heavy atom. The molecule has 114 valence electrons. The summed E-state index contributed by atoms with van der Waals surface area (Å²) in [6.07, 6.45) is 0. The van der Waals surface area contributed by atoms with E-state index in [1.807, 2.05) is 0 Å². The quantitative estimate of drug-likeness (QED) is 0.745. The number of benzene rings is 1. The number of nitrogens with two attached hydrogens (primary N) is 1. The molecule has 0 atom stereocenters. The van der Waals surface area contributed by atoms with E-state index < -0.39 is 10.0 Å². The molecule has 0 aliphatic rings. The van der Waals surface area contributed by atoms with Crippen LogP contribution in [0.25, 0.3) is 0 Å². The van der Waals surface area contributed by atoms with E-state index in [4.69, 9.17) is 5.73 Å². The van der Waals surface area contributed by atoms with E-state index in [0.29, 0.717) is 11.1 Å². The van der Waals surface area contributed by atoms with Crippen molar-refractivity contribution in [3.05, 3.63) is 29.3 Å². The smallest absolute Gasteiger partial charge is 0.243 e. The van der Waals surface area contributed by atoms with Crippen LogP contribution in [0.2, 0.25) is 0 Å². The third kappa shape index (κ3) is 4.29. The fourth-order valence-electron chi connectivity index (χ4n) is 1.64. The zero-order valence-corrected chi connectivity index (χ0v) is 13.1. The fourth-order valence-corrected chi connectivity index (χ4v) is 3.02. The first-order valence-electron chi connectivity index (χ1n) is 6.29. The van der Waals surface area contributed by atoms with Gasteiger partial charge in [-0.2, -0.15) is 4.31 Å². The lowest BCUT2D eigenvalue weighted by Crippen LogP contribution is -2.37. The Labute approximate surface area is 125 Å². The van der Waals surface area contributed by atoms with Crippen molar-refractivity contribution in [2.45, 2.75) is 11.8 Å². The van der Waals surface area contributed by atoms with Crippen LogP contribution in [0.5, 0.6) is 0 Å². The Bertz CT molecular complexity index is 687. The van der Waals surface area contributed by atoms with Gasteiger partial charge in [0.25, 0.3) is 0 Å². The van der Waals surface area contributed by atoms with Gasteiger partial charge in [0.05, 0.1) is 18.0 Å². The molecular formula is C14H19N3O3S. The van der Waals surface area contributed by atoms with E-state index in [2.05, 4.69) is 17.2 Å². The largest absolute Gasteiger partial charge is 0.358 e. The lowest BCUT2D eigenvalue weighted by molar-refractivity contribution is -0.120. The molecule has 0 aliphatic carbocycles. The minimum Gasteiger partial charge on any atom is -0.358 e. The molecule has 0 unspecified atom stereocenters. The Kier molecular flexibility index (Phi) is 5.90. The van der Waals surface area contributed by atoms with Gasteiger partial charge in [-0.05, 0) is 24.6 Å². The van der Waals surface area contributed by atoms with Crippen LogP contribution in [0.15, 0.2) is 23.1 Å². The summed E-state index contributed by atoms with van der Waals surface area (Å²) in [4.78, 5) is 11.5. The highest BCUT2D eigenvalue weighted by molar-refractivity contribution is 7.89. The van der Waals surface area contributed by atoms with Crippen molar-refractivity contribution >= 4 is 15.9 Å². The number of amides is 1. The molecule has 1 amide bonds. The van der Waals surface area contributed by atoms with Crippen LogP contribution in [0.3, 0.4) is 0 Å². The van der Waals surface area contributed by atoms with Crippen molar-refractivity contribution in [1.29, 1.82) is 0 Å². The van der Waals surface area contributed by atoms with E-state index in [-0.39, 0.29) is 23.9 Å². The molecule has 0 spiro atoms. The van der Waals surface area contributed by atoms with E-state index in [1.54, 1.807) is 19.1 Å². The predicted octanol–water partition coefficient (Wildman–Crippen LogP) is -0.328. The molecule has 0 aromatic heterocycles. The topological polar surface area (TPSA) is 92.5 Å². The number of carbonyl (C=O) groups excluding carboxylic acids is 1. The minimum absolute atomic E-state index is 0.137. The SMILES string of the molecule is CNC(=O)CN(C)S(=O)(=O)c1cc(C#CCN)ccc1C. The second kappa shape index (κ2) is 7.22. The highest BCUT2D eigenvalue weighted by atomic mass is 32.2. The molecule has 0 saturated carbocycles. The summed E-state index contributed by atoms with van der Waals surface area (Å²) >= 11 is 0. The molecule has 0 fully saturated rings. The summed E-state index contributed by atoms with van der Waals surface area (Å²) in [6.45, 7) is 1.66. The van der Waals surface area contributed by atoms with Crippen LogP contribution in [-0.2, 0) is 14.8 Å². The Hall–Kier alpha value is -1.88. The molecule has 0 bridgehead atoms. The van der Waals surface area contributed by atoms with Crippen molar-refractivity contribution in [3.8, 4) is 11.8 Å². The summed E-state index contributed by atoms with van der Waals surface area (Å²) < 4.78 is 26.0. The van der Waals surface area contributed by atoms with Gasteiger partial charge in [-0.25, -0.2) is 8.42 Å². The summed E-state index contributed by atoms with van der Waals surface area (Å²) in [5.41, 5.74) is 6.47. The average Bonchev–Trinajstić information content (AvgIpc) is 2.45.